The second-order valence-corrected chi connectivity index (χ2v) is 3.54. The van der Waals surface area contributed by atoms with Crippen LogP contribution in [0.3, 0.4) is 0 Å². The number of hydrogen-bond donors (Lipinski definition) is 1. The number of aromatic nitrogens is 2. The minimum atomic E-state index is 0.128. The smallest absolute Gasteiger partial charge is 0.225 e. The third-order valence-corrected chi connectivity index (χ3v) is 2.30. The second-order valence-electron chi connectivity index (χ2n) is 3.54. The van der Waals surface area contributed by atoms with E-state index in [1.54, 1.807) is 12.3 Å². The summed E-state index contributed by atoms with van der Waals surface area (Å²) in [7, 11) is 0. The van der Waals surface area contributed by atoms with Crippen molar-refractivity contribution in [3.05, 3.63) is 48.2 Å². The molecule has 4 heteroatoms. The molecule has 1 atom stereocenters. The van der Waals surface area contributed by atoms with Crippen molar-refractivity contribution >= 4 is 11.8 Å². The van der Waals surface area contributed by atoms with E-state index in [-0.39, 0.29) is 11.9 Å². The molecule has 2 rings (SSSR count). The second kappa shape index (κ2) is 4.61. The van der Waals surface area contributed by atoms with Gasteiger partial charge in [-0.15, -0.1) is 0 Å². The molecule has 81 valence electrons. The molecule has 0 fully saturated rings. The molecule has 1 aromatic heterocycles. The van der Waals surface area contributed by atoms with Crippen LogP contribution < -0.4 is 11.1 Å². The van der Waals surface area contributed by atoms with E-state index in [4.69, 9.17) is 5.73 Å². The van der Waals surface area contributed by atoms with Crippen LogP contribution in [0.25, 0.3) is 0 Å². The van der Waals surface area contributed by atoms with Gasteiger partial charge in [-0.1, -0.05) is 30.3 Å². The first-order valence-corrected chi connectivity index (χ1v) is 5.12. The van der Waals surface area contributed by atoms with Gasteiger partial charge in [-0.3, -0.25) is 5.73 Å². The Hall–Kier alpha value is -2.10. The van der Waals surface area contributed by atoms with Crippen LogP contribution in [0, 0.1) is 0 Å². The lowest BCUT2D eigenvalue weighted by Gasteiger charge is -2.13. The van der Waals surface area contributed by atoms with Crippen molar-refractivity contribution in [3.8, 4) is 0 Å². The zero-order valence-corrected chi connectivity index (χ0v) is 9.01. The molecule has 4 nitrogen and oxygen atoms in total. The van der Waals surface area contributed by atoms with E-state index in [9.17, 15) is 0 Å². The molecule has 16 heavy (non-hydrogen) atoms. The van der Waals surface area contributed by atoms with Gasteiger partial charge in [0.2, 0.25) is 5.95 Å². The lowest BCUT2D eigenvalue weighted by molar-refractivity contribution is 0.860. The summed E-state index contributed by atoms with van der Waals surface area (Å²) in [6, 6.07) is 11.7. The molecule has 1 heterocycles. The van der Waals surface area contributed by atoms with E-state index < -0.39 is 0 Å². The number of nitrogens with one attached hydrogen (secondary N) is 2. The van der Waals surface area contributed by atoms with Crippen LogP contribution in [0.15, 0.2) is 42.6 Å². The number of nitrogens with zero attached hydrogens (tertiary/aromatic N) is 2. The maximum atomic E-state index is 7.39. The standard InChI is InChI=1S/C12H13N4/c1-9(10-5-3-2-4-6-10)15-12-14-8-7-11(13)16-12/h2-9,13H,1H3,(H,14,15,16)/t9-/m0/s1. The summed E-state index contributed by atoms with van der Waals surface area (Å²) in [6.07, 6.45) is 1.58. The van der Waals surface area contributed by atoms with Gasteiger partial charge in [0.05, 0.1) is 6.04 Å². The Balaban J connectivity index is 2.11. The van der Waals surface area contributed by atoms with Gasteiger partial charge in [0.25, 0.3) is 0 Å². The topological polar surface area (TPSA) is 61.6 Å². The van der Waals surface area contributed by atoms with Gasteiger partial charge < -0.3 is 5.32 Å². The third-order valence-electron chi connectivity index (χ3n) is 2.30. The first-order valence-electron chi connectivity index (χ1n) is 5.12. The van der Waals surface area contributed by atoms with Crippen LogP contribution in [0.2, 0.25) is 0 Å². The lowest BCUT2D eigenvalue weighted by atomic mass is 10.1. The average molecular weight is 213 g/mol. The Morgan fingerprint density at radius 2 is 1.94 bits per heavy atom. The van der Waals surface area contributed by atoms with Crippen LogP contribution in [-0.4, -0.2) is 9.97 Å². The highest BCUT2D eigenvalue weighted by atomic mass is 15.1. The fourth-order valence-electron chi connectivity index (χ4n) is 1.45. The van der Waals surface area contributed by atoms with Gasteiger partial charge >= 0.3 is 0 Å². The third kappa shape index (κ3) is 2.48. The number of rotatable bonds is 3. The molecule has 2 N–H and O–H groups in total. The van der Waals surface area contributed by atoms with Crippen molar-refractivity contribution in [1.29, 1.82) is 0 Å². The molecule has 0 saturated heterocycles. The molecule has 0 bridgehead atoms. The maximum absolute atomic E-state index is 7.39. The van der Waals surface area contributed by atoms with Crippen molar-refractivity contribution in [3.63, 3.8) is 0 Å². The van der Waals surface area contributed by atoms with Gasteiger partial charge in [-0.25, -0.2) is 4.98 Å². The fourth-order valence-corrected chi connectivity index (χ4v) is 1.45. The summed E-state index contributed by atoms with van der Waals surface area (Å²) in [5.41, 5.74) is 8.56. The highest BCUT2D eigenvalue weighted by Gasteiger charge is 2.05. The monoisotopic (exact) mass is 213 g/mol. The zero-order chi connectivity index (χ0) is 11.4. The predicted octanol–water partition coefficient (Wildman–Crippen LogP) is 2.56. The summed E-state index contributed by atoms with van der Waals surface area (Å²) in [4.78, 5) is 8.05. The molecule has 0 unspecified atom stereocenters. The molecule has 0 aliphatic carbocycles. The molecule has 0 aliphatic rings. The van der Waals surface area contributed by atoms with Crippen molar-refractivity contribution < 1.29 is 0 Å². The summed E-state index contributed by atoms with van der Waals surface area (Å²) in [5, 5.41) is 3.16. The fraction of sp³-hybridized carbons (Fsp3) is 0.167. The Morgan fingerprint density at radius 1 is 1.19 bits per heavy atom. The van der Waals surface area contributed by atoms with Crippen molar-refractivity contribution in [2.75, 3.05) is 5.32 Å². The van der Waals surface area contributed by atoms with Gasteiger partial charge in [0.15, 0.2) is 0 Å². The van der Waals surface area contributed by atoms with Crippen LogP contribution in [0.1, 0.15) is 18.5 Å². The Kier molecular flexibility index (Phi) is 3.00. The largest absolute Gasteiger partial charge is 0.348 e. The first-order chi connectivity index (χ1) is 7.75. The lowest BCUT2D eigenvalue weighted by Crippen LogP contribution is -2.09. The molecule has 1 aromatic carbocycles. The van der Waals surface area contributed by atoms with Crippen LogP contribution >= 0.6 is 0 Å². The van der Waals surface area contributed by atoms with Crippen molar-refractivity contribution in [1.82, 2.24) is 15.7 Å². The van der Waals surface area contributed by atoms with Crippen molar-refractivity contribution in [2.45, 2.75) is 13.0 Å². The molecular weight excluding hydrogens is 200 g/mol. The molecule has 2 aromatic rings. The van der Waals surface area contributed by atoms with Gasteiger partial charge in [0.1, 0.15) is 5.82 Å². The van der Waals surface area contributed by atoms with Gasteiger partial charge in [-0.2, -0.15) is 4.98 Å². The van der Waals surface area contributed by atoms with Crippen LogP contribution in [0.5, 0.6) is 0 Å². The summed E-state index contributed by atoms with van der Waals surface area (Å²) >= 11 is 0. The average Bonchev–Trinajstić information content (AvgIpc) is 2.30. The number of anilines is 1. The SMILES string of the molecule is C[C@H](Nc1nccc([NH])n1)c1ccccc1. The van der Waals surface area contributed by atoms with E-state index in [1.807, 2.05) is 37.3 Å². The van der Waals surface area contributed by atoms with E-state index in [0.29, 0.717) is 5.95 Å². The first kappa shape index (κ1) is 10.4. The Morgan fingerprint density at radius 3 is 2.62 bits per heavy atom. The summed E-state index contributed by atoms with van der Waals surface area (Å²) in [6.45, 7) is 2.04. The number of benzene rings is 1. The Bertz CT molecular complexity index is 456. The quantitative estimate of drug-likeness (QED) is 0.852. The molecule has 0 aliphatic heterocycles. The molecule has 0 spiro atoms. The normalized spacial score (nSPS) is 12.1. The Labute approximate surface area is 94.5 Å². The van der Waals surface area contributed by atoms with E-state index >= 15 is 0 Å². The van der Waals surface area contributed by atoms with Crippen molar-refractivity contribution in [2.24, 2.45) is 0 Å². The van der Waals surface area contributed by atoms with E-state index in [2.05, 4.69) is 15.3 Å². The predicted molar refractivity (Wildman–Crippen MR) is 63.3 cm³/mol. The molecule has 1 radical (unpaired) electrons. The minimum Gasteiger partial charge on any atom is -0.348 e. The molecule has 0 saturated carbocycles. The van der Waals surface area contributed by atoms with Gasteiger partial charge in [0, 0.05) is 12.3 Å². The van der Waals surface area contributed by atoms with E-state index in [0.717, 1.165) is 0 Å². The molecule has 0 amide bonds. The van der Waals surface area contributed by atoms with Crippen LogP contribution in [-0.2, 0) is 0 Å². The summed E-state index contributed by atoms with van der Waals surface area (Å²) < 4.78 is 0. The zero-order valence-electron chi connectivity index (χ0n) is 9.01. The van der Waals surface area contributed by atoms with Crippen LogP contribution in [0.4, 0.5) is 11.8 Å². The van der Waals surface area contributed by atoms with Gasteiger partial charge in [-0.05, 0) is 12.5 Å². The summed E-state index contributed by atoms with van der Waals surface area (Å²) in [5.74, 6) is 0.710. The maximum Gasteiger partial charge on any atom is 0.225 e. The molecular formula is C12H13N4. The highest BCUT2D eigenvalue weighted by Crippen LogP contribution is 2.16. The highest BCUT2D eigenvalue weighted by molar-refractivity contribution is 5.35. The number of hydrogen-bond acceptors (Lipinski definition) is 3. The van der Waals surface area contributed by atoms with E-state index in [1.165, 1.54) is 5.56 Å². The minimum absolute atomic E-state index is 0.128.